The van der Waals surface area contributed by atoms with Crippen LogP contribution in [-0.4, -0.2) is 16.7 Å². The zero-order valence-corrected chi connectivity index (χ0v) is 9.34. The van der Waals surface area contributed by atoms with Crippen LogP contribution >= 0.6 is 0 Å². The first kappa shape index (κ1) is 11.4. The number of anilines is 1. The molecule has 17 heavy (non-hydrogen) atoms. The van der Waals surface area contributed by atoms with Crippen molar-refractivity contribution in [1.82, 2.24) is 4.98 Å². The summed E-state index contributed by atoms with van der Waals surface area (Å²) in [6.45, 7) is 0.0880. The van der Waals surface area contributed by atoms with Crippen LogP contribution in [0, 0.1) is 0 Å². The van der Waals surface area contributed by atoms with Crippen LogP contribution in [0.2, 0.25) is 0 Å². The van der Waals surface area contributed by atoms with Crippen molar-refractivity contribution in [3.05, 3.63) is 48.0 Å². The van der Waals surface area contributed by atoms with Crippen molar-refractivity contribution in [2.75, 3.05) is 12.3 Å². The summed E-state index contributed by atoms with van der Waals surface area (Å²) in [5.74, 6) is 1.57. The van der Waals surface area contributed by atoms with Crippen LogP contribution in [0.1, 0.15) is 5.56 Å². The molecular weight excluding hydrogens is 216 g/mol. The van der Waals surface area contributed by atoms with E-state index in [9.17, 15) is 0 Å². The van der Waals surface area contributed by atoms with Gasteiger partial charge in [0.25, 0.3) is 0 Å². The molecule has 0 fully saturated rings. The fraction of sp³-hybridized carbons (Fsp3) is 0.154. The molecule has 1 aromatic heterocycles. The Balaban J connectivity index is 2.23. The van der Waals surface area contributed by atoms with Crippen molar-refractivity contribution in [3.63, 3.8) is 0 Å². The highest BCUT2D eigenvalue weighted by Gasteiger charge is 2.04. The van der Waals surface area contributed by atoms with Crippen LogP contribution in [-0.2, 0) is 6.42 Å². The van der Waals surface area contributed by atoms with Gasteiger partial charge in [-0.1, -0.05) is 24.3 Å². The van der Waals surface area contributed by atoms with Gasteiger partial charge in [0.2, 0.25) is 5.88 Å². The summed E-state index contributed by atoms with van der Waals surface area (Å²) in [6.07, 6.45) is 0.554. The largest absolute Gasteiger partial charge is 0.439 e. The molecule has 0 bridgehead atoms. The standard InChI is InChI=1S/C13H14N2O2/c14-12-6-3-7-13(15-12)17-11-5-2-1-4-10(11)8-9-16/h1-7,16H,8-9H2,(H2,14,15). The molecule has 0 saturated heterocycles. The van der Waals surface area contributed by atoms with E-state index in [1.807, 2.05) is 24.3 Å². The molecule has 4 heteroatoms. The average molecular weight is 230 g/mol. The Labute approximate surface area is 99.7 Å². The molecule has 2 aromatic rings. The molecule has 4 nitrogen and oxygen atoms in total. The van der Waals surface area contributed by atoms with E-state index in [4.69, 9.17) is 15.6 Å². The van der Waals surface area contributed by atoms with Gasteiger partial charge in [-0.05, 0) is 24.1 Å². The van der Waals surface area contributed by atoms with Crippen molar-refractivity contribution in [2.45, 2.75) is 6.42 Å². The van der Waals surface area contributed by atoms with Crippen LogP contribution in [0.15, 0.2) is 42.5 Å². The van der Waals surface area contributed by atoms with Gasteiger partial charge >= 0.3 is 0 Å². The number of aliphatic hydroxyl groups is 1. The highest BCUT2D eigenvalue weighted by atomic mass is 16.5. The molecule has 1 heterocycles. The molecular formula is C13H14N2O2. The van der Waals surface area contributed by atoms with Gasteiger partial charge in [-0.2, -0.15) is 4.98 Å². The molecule has 2 rings (SSSR count). The van der Waals surface area contributed by atoms with Crippen molar-refractivity contribution in [1.29, 1.82) is 0 Å². The number of nitrogens with zero attached hydrogens (tertiary/aromatic N) is 1. The third-order valence-corrected chi connectivity index (χ3v) is 2.31. The third-order valence-electron chi connectivity index (χ3n) is 2.31. The lowest BCUT2D eigenvalue weighted by atomic mass is 10.1. The maximum absolute atomic E-state index is 8.96. The molecule has 0 radical (unpaired) electrons. The number of aromatic nitrogens is 1. The number of hydrogen-bond donors (Lipinski definition) is 2. The van der Waals surface area contributed by atoms with Crippen LogP contribution in [0.25, 0.3) is 0 Å². The second-order valence-electron chi connectivity index (χ2n) is 3.58. The van der Waals surface area contributed by atoms with Gasteiger partial charge in [-0.3, -0.25) is 0 Å². The lowest BCUT2D eigenvalue weighted by molar-refractivity contribution is 0.297. The predicted molar refractivity (Wildman–Crippen MR) is 66.0 cm³/mol. The van der Waals surface area contributed by atoms with E-state index in [-0.39, 0.29) is 6.61 Å². The van der Waals surface area contributed by atoms with Crippen LogP contribution in [0.5, 0.6) is 11.6 Å². The van der Waals surface area contributed by atoms with Crippen molar-refractivity contribution in [3.8, 4) is 11.6 Å². The first-order valence-corrected chi connectivity index (χ1v) is 5.39. The second-order valence-corrected chi connectivity index (χ2v) is 3.58. The summed E-state index contributed by atoms with van der Waals surface area (Å²) in [4.78, 5) is 4.06. The summed E-state index contributed by atoms with van der Waals surface area (Å²) in [7, 11) is 0. The van der Waals surface area contributed by atoms with E-state index in [0.29, 0.717) is 23.9 Å². The summed E-state index contributed by atoms with van der Waals surface area (Å²) in [5.41, 5.74) is 6.52. The predicted octanol–water partition coefficient (Wildman–Crippen LogP) is 1.99. The lowest BCUT2D eigenvalue weighted by Gasteiger charge is -2.09. The topological polar surface area (TPSA) is 68.4 Å². The number of benzene rings is 1. The molecule has 0 unspecified atom stereocenters. The summed E-state index contributed by atoms with van der Waals surface area (Å²) in [5, 5.41) is 8.96. The van der Waals surface area contributed by atoms with Gasteiger partial charge < -0.3 is 15.6 Å². The van der Waals surface area contributed by atoms with Gasteiger partial charge in [0.05, 0.1) is 0 Å². The van der Waals surface area contributed by atoms with E-state index in [1.54, 1.807) is 18.2 Å². The van der Waals surface area contributed by atoms with E-state index >= 15 is 0 Å². The third kappa shape index (κ3) is 2.95. The Morgan fingerprint density at radius 3 is 2.71 bits per heavy atom. The zero-order valence-electron chi connectivity index (χ0n) is 9.34. The van der Waals surface area contributed by atoms with Crippen LogP contribution in [0.3, 0.4) is 0 Å². The minimum Gasteiger partial charge on any atom is -0.439 e. The van der Waals surface area contributed by atoms with Crippen molar-refractivity contribution in [2.24, 2.45) is 0 Å². The minimum atomic E-state index is 0.0880. The molecule has 1 aromatic carbocycles. The van der Waals surface area contributed by atoms with E-state index in [2.05, 4.69) is 4.98 Å². The summed E-state index contributed by atoms with van der Waals surface area (Å²) < 4.78 is 5.64. The van der Waals surface area contributed by atoms with Crippen molar-refractivity contribution >= 4 is 5.82 Å². The molecule has 0 saturated carbocycles. The minimum absolute atomic E-state index is 0.0880. The van der Waals surface area contributed by atoms with Gasteiger partial charge in [0.15, 0.2) is 0 Å². The summed E-state index contributed by atoms with van der Waals surface area (Å²) in [6, 6.07) is 12.8. The van der Waals surface area contributed by atoms with Gasteiger partial charge in [0, 0.05) is 12.7 Å². The van der Waals surface area contributed by atoms with Gasteiger partial charge in [0.1, 0.15) is 11.6 Å². The quantitative estimate of drug-likeness (QED) is 0.842. The lowest BCUT2D eigenvalue weighted by Crippen LogP contribution is -1.97. The number of ether oxygens (including phenoxy) is 1. The highest BCUT2D eigenvalue weighted by Crippen LogP contribution is 2.24. The van der Waals surface area contributed by atoms with Crippen molar-refractivity contribution < 1.29 is 9.84 Å². The molecule has 88 valence electrons. The number of hydrogen-bond acceptors (Lipinski definition) is 4. The zero-order chi connectivity index (χ0) is 12.1. The smallest absolute Gasteiger partial charge is 0.221 e. The number of nitrogen functional groups attached to an aromatic ring is 1. The fourth-order valence-electron chi connectivity index (χ4n) is 1.53. The van der Waals surface area contributed by atoms with E-state index in [1.165, 1.54) is 0 Å². The molecule has 0 atom stereocenters. The van der Waals surface area contributed by atoms with Gasteiger partial charge in [-0.15, -0.1) is 0 Å². The molecule has 0 aliphatic heterocycles. The molecule has 0 amide bonds. The monoisotopic (exact) mass is 230 g/mol. The number of rotatable bonds is 4. The SMILES string of the molecule is Nc1cccc(Oc2ccccc2CCO)n1. The Morgan fingerprint density at radius 2 is 1.94 bits per heavy atom. The summed E-state index contributed by atoms with van der Waals surface area (Å²) >= 11 is 0. The normalized spacial score (nSPS) is 10.2. The Morgan fingerprint density at radius 1 is 1.12 bits per heavy atom. The first-order valence-electron chi connectivity index (χ1n) is 5.39. The Hall–Kier alpha value is -2.07. The first-order chi connectivity index (χ1) is 8.29. The van der Waals surface area contributed by atoms with E-state index < -0.39 is 0 Å². The fourth-order valence-corrected chi connectivity index (χ4v) is 1.53. The van der Waals surface area contributed by atoms with Crippen LogP contribution < -0.4 is 10.5 Å². The van der Waals surface area contributed by atoms with E-state index in [0.717, 1.165) is 5.56 Å². The maximum Gasteiger partial charge on any atom is 0.221 e. The average Bonchev–Trinajstić information content (AvgIpc) is 2.32. The maximum atomic E-state index is 8.96. The number of pyridine rings is 1. The highest BCUT2D eigenvalue weighted by molar-refractivity contribution is 5.38. The molecule has 0 spiro atoms. The Kier molecular flexibility index (Phi) is 3.57. The van der Waals surface area contributed by atoms with Gasteiger partial charge in [-0.25, -0.2) is 0 Å². The Bertz CT molecular complexity index is 500. The molecule has 0 aliphatic rings. The number of para-hydroxylation sites is 1. The number of aliphatic hydroxyl groups excluding tert-OH is 1. The molecule has 0 aliphatic carbocycles. The number of nitrogens with two attached hydrogens (primary N) is 1. The molecule has 3 N–H and O–H groups in total. The second kappa shape index (κ2) is 5.32. The van der Waals surface area contributed by atoms with Crippen LogP contribution in [0.4, 0.5) is 5.82 Å².